The second-order valence-corrected chi connectivity index (χ2v) is 5.83. The van der Waals surface area contributed by atoms with E-state index >= 15 is 0 Å². The molecule has 0 unspecified atom stereocenters. The Labute approximate surface area is 163 Å². The van der Waals surface area contributed by atoms with E-state index in [0.717, 1.165) is 11.8 Å². The number of nitrogen functional groups attached to an aromatic ring is 1. The average Bonchev–Trinajstić information content (AvgIpc) is 2.66. The lowest BCUT2D eigenvalue weighted by molar-refractivity contribution is -0.384. The first kappa shape index (κ1) is 19.0. The first-order chi connectivity index (χ1) is 13.4. The van der Waals surface area contributed by atoms with Gasteiger partial charge in [0, 0.05) is 17.8 Å². The number of anilines is 3. The fourth-order valence-corrected chi connectivity index (χ4v) is 2.39. The molecule has 0 spiro atoms. The number of esters is 1. The molecule has 1 aromatic heterocycles. The van der Waals surface area contributed by atoms with Gasteiger partial charge in [-0.2, -0.15) is 15.0 Å². The number of non-ortho nitro benzene ring substituents is 1. The second-order valence-electron chi connectivity index (χ2n) is 5.42. The highest BCUT2D eigenvalue weighted by Gasteiger charge is 2.18. The van der Waals surface area contributed by atoms with E-state index in [1.165, 1.54) is 12.1 Å². The molecule has 0 aliphatic heterocycles. The van der Waals surface area contributed by atoms with Gasteiger partial charge >= 0.3 is 5.97 Å². The number of benzene rings is 2. The van der Waals surface area contributed by atoms with Gasteiger partial charge in [0.2, 0.25) is 11.9 Å². The van der Waals surface area contributed by atoms with Gasteiger partial charge in [-0.05, 0) is 18.2 Å². The molecule has 2 aromatic carbocycles. The molecule has 0 saturated carbocycles. The number of nitrogens with two attached hydrogens (primary N) is 1. The zero-order chi connectivity index (χ0) is 20.1. The van der Waals surface area contributed by atoms with Gasteiger partial charge in [-0.25, -0.2) is 4.79 Å². The molecule has 28 heavy (non-hydrogen) atoms. The molecule has 10 nitrogen and oxygen atoms in total. The van der Waals surface area contributed by atoms with Gasteiger partial charge in [-0.3, -0.25) is 10.1 Å². The zero-order valence-corrected chi connectivity index (χ0v) is 15.0. The molecule has 0 amide bonds. The molecular formula is C17H13ClN6O4. The Hall–Kier alpha value is -3.79. The molecule has 0 saturated heterocycles. The quantitative estimate of drug-likeness (QED) is 0.361. The topological polar surface area (TPSA) is 146 Å². The van der Waals surface area contributed by atoms with Crippen LogP contribution >= 0.6 is 11.6 Å². The number of halogens is 1. The average molecular weight is 401 g/mol. The molecule has 0 aliphatic carbocycles. The highest BCUT2D eigenvalue weighted by molar-refractivity contribution is 6.33. The largest absolute Gasteiger partial charge is 0.454 e. The fourth-order valence-electron chi connectivity index (χ4n) is 2.20. The summed E-state index contributed by atoms with van der Waals surface area (Å²) in [5.74, 6) is -0.642. The van der Waals surface area contributed by atoms with E-state index in [2.05, 4.69) is 20.3 Å². The lowest BCUT2D eigenvalue weighted by Crippen LogP contribution is -2.11. The van der Waals surface area contributed by atoms with Crippen molar-refractivity contribution in [1.29, 1.82) is 0 Å². The molecule has 1 heterocycles. The van der Waals surface area contributed by atoms with Crippen LogP contribution in [0.15, 0.2) is 48.5 Å². The molecule has 0 fully saturated rings. The summed E-state index contributed by atoms with van der Waals surface area (Å²) in [5, 5.41) is 13.8. The molecule has 3 rings (SSSR count). The van der Waals surface area contributed by atoms with Gasteiger partial charge < -0.3 is 15.8 Å². The molecular weight excluding hydrogens is 388 g/mol. The Bertz CT molecular complexity index is 1030. The van der Waals surface area contributed by atoms with Crippen molar-refractivity contribution in [3.8, 4) is 0 Å². The van der Waals surface area contributed by atoms with Crippen LogP contribution in [0.3, 0.4) is 0 Å². The first-order valence-corrected chi connectivity index (χ1v) is 8.24. The van der Waals surface area contributed by atoms with E-state index in [-0.39, 0.29) is 40.6 Å². The normalized spacial score (nSPS) is 10.3. The Balaban J connectivity index is 1.73. The minimum atomic E-state index is -0.856. The van der Waals surface area contributed by atoms with Crippen LogP contribution in [0, 0.1) is 10.1 Å². The van der Waals surface area contributed by atoms with Crippen LogP contribution < -0.4 is 11.1 Å². The van der Waals surface area contributed by atoms with Crippen molar-refractivity contribution >= 4 is 40.8 Å². The molecule has 11 heteroatoms. The van der Waals surface area contributed by atoms with Gasteiger partial charge in [0.05, 0.1) is 15.5 Å². The summed E-state index contributed by atoms with van der Waals surface area (Å²) >= 11 is 5.92. The number of nitro groups is 1. The number of nitro benzene ring substituents is 1. The van der Waals surface area contributed by atoms with Gasteiger partial charge in [0.25, 0.3) is 5.69 Å². The van der Waals surface area contributed by atoms with Crippen molar-refractivity contribution < 1.29 is 14.5 Å². The summed E-state index contributed by atoms with van der Waals surface area (Å²) in [6, 6.07) is 12.6. The zero-order valence-electron chi connectivity index (χ0n) is 14.2. The monoisotopic (exact) mass is 400 g/mol. The van der Waals surface area contributed by atoms with Crippen LogP contribution in [0.4, 0.5) is 23.3 Å². The third-order valence-electron chi connectivity index (χ3n) is 3.44. The summed E-state index contributed by atoms with van der Waals surface area (Å²) < 4.78 is 5.11. The maximum atomic E-state index is 12.2. The summed E-state index contributed by atoms with van der Waals surface area (Å²) in [4.78, 5) is 34.4. The number of para-hydroxylation sites is 1. The van der Waals surface area contributed by atoms with Crippen molar-refractivity contribution in [2.24, 2.45) is 0 Å². The standard InChI is InChI=1S/C17H13ClN6O4/c18-13-7-6-11(24(26)27)8-12(13)15(25)28-9-14-21-16(19)23-17(22-14)20-10-4-2-1-3-5-10/h1-8H,9H2,(H3,19,20,21,22,23). The van der Waals surface area contributed by atoms with Gasteiger partial charge in [-0.15, -0.1) is 0 Å². The number of rotatable bonds is 6. The van der Waals surface area contributed by atoms with Crippen LogP contribution in [0.1, 0.15) is 16.2 Å². The number of nitrogens with zero attached hydrogens (tertiary/aromatic N) is 4. The Morgan fingerprint density at radius 2 is 1.93 bits per heavy atom. The highest BCUT2D eigenvalue weighted by atomic mass is 35.5. The van der Waals surface area contributed by atoms with E-state index in [4.69, 9.17) is 22.1 Å². The number of nitrogens with one attached hydrogen (secondary N) is 1. The molecule has 0 radical (unpaired) electrons. The number of aromatic nitrogens is 3. The number of carbonyl (C=O) groups excluding carboxylic acids is 1. The minimum absolute atomic E-state index is 0.0252. The highest BCUT2D eigenvalue weighted by Crippen LogP contribution is 2.23. The lowest BCUT2D eigenvalue weighted by Gasteiger charge is -2.08. The minimum Gasteiger partial charge on any atom is -0.454 e. The van der Waals surface area contributed by atoms with Crippen molar-refractivity contribution in [1.82, 2.24) is 15.0 Å². The summed E-state index contributed by atoms with van der Waals surface area (Å²) in [6.07, 6.45) is 0. The molecule has 0 bridgehead atoms. The number of carbonyl (C=O) groups is 1. The number of hydrogen-bond acceptors (Lipinski definition) is 9. The third-order valence-corrected chi connectivity index (χ3v) is 3.77. The number of ether oxygens (including phenoxy) is 1. The third kappa shape index (κ3) is 4.68. The Morgan fingerprint density at radius 1 is 1.18 bits per heavy atom. The van der Waals surface area contributed by atoms with E-state index in [1.54, 1.807) is 0 Å². The van der Waals surface area contributed by atoms with Gasteiger partial charge in [0.1, 0.15) is 0 Å². The first-order valence-electron chi connectivity index (χ1n) is 7.86. The maximum absolute atomic E-state index is 12.2. The molecule has 0 aliphatic rings. The second kappa shape index (κ2) is 8.27. The maximum Gasteiger partial charge on any atom is 0.340 e. The van der Waals surface area contributed by atoms with Crippen molar-refractivity contribution in [2.45, 2.75) is 6.61 Å². The SMILES string of the molecule is Nc1nc(COC(=O)c2cc([N+](=O)[O-])ccc2Cl)nc(Nc2ccccc2)n1. The van der Waals surface area contributed by atoms with Crippen molar-refractivity contribution in [2.75, 3.05) is 11.1 Å². The Morgan fingerprint density at radius 3 is 2.64 bits per heavy atom. The summed E-state index contributed by atoms with van der Waals surface area (Å²) in [7, 11) is 0. The predicted molar refractivity (Wildman–Crippen MR) is 101 cm³/mol. The summed E-state index contributed by atoms with van der Waals surface area (Å²) in [5.41, 5.74) is 5.98. The van der Waals surface area contributed by atoms with Crippen LogP contribution in [-0.2, 0) is 11.3 Å². The van der Waals surface area contributed by atoms with E-state index in [9.17, 15) is 14.9 Å². The lowest BCUT2D eigenvalue weighted by atomic mass is 10.2. The number of hydrogen-bond donors (Lipinski definition) is 2. The van der Waals surface area contributed by atoms with Crippen LogP contribution in [-0.4, -0.2) is 25.8 Å². The van der Waals surface area contributed by atoms with E-state index in [1.807, 2.05) is 30.3 Å². The fraction of sp³-hybridized carbons (Fsp3) is 0.0588. The van der Waals surface area contributed by atoms with Crippen LogP contribution in [0.25, 0.3) is 0 Å². The van der Waals surface area contributed by atoms with Crippen molar-refractivity contribution in [3.05, 3.63) is 75.1 Å². The van der Waals surface area contributed by atoms with Gasteiger partial charge in [0.15, 0.2) is 12.4 Å². The smallest absolute Gasteiger partial charge is 0.340 e. The summed E-state index contributed by atoms with van der Waals surface area (Å²) in [6.45, 7) is -0.325. The Kier molecular flexibility index (Phi) is 5.61. The molecule has 142 valence electrons. The molecule has 3 N–H and O–H groups in total. The molecule has 3 aromatic rings. The van der Waals surface area contributed by atoms with Gasteiger partial charge in [-0.1, -0.05) is 29.8 Å². The van der Waals surface area contributed by atoms with Crippen LogP contribution in [0.2, 0.25) is 5.02 Å². The van der Waals surface area contributed by atoms with E-state index < -0.39 is 10.9 Å². The predicted octanol–water partition coefficient (Wildman–Crippen LogP) is 3.12. The van der Waals surface area contributed by atoms with E-state index in [0.29, 0.717) is 0 Å². The molecule has 0 atom stereocenters. The van der Waals surface area contributed by atoms with Crippen LogP contribution in [0.5, 0.6) is 0 Å². The van der Waals surface area contributed by atoms with Crippen molar-refractivity contribution in [3.63, 3.8) is 0 Å².